The standard InChI is InChI=1S/C51H90O6/c1-4-7-10-13-16-19-22-25-26-27-30-32-35-38-41-44-50(53)56-47-48(57-51(54)45-42-39-36-33-29-24-21-18-15-12-9-6-3)46-55-49(52)43-40-37-34-31-28-23-20-17-14-11-8-5-2/h16-22,25,48H,4-15,23-24,26-47H2,1-3H3/b19-16-,20-17-,21-18-,25-22-. The minimum atomic E-state index is -0.782. The molecule has 0 rings (SSSR count). The van der Waals surface area contributed by atoms with E-state index >= 15 is 0 Å². The smallest absolute Gasteiger partial charge is 0.306 e. The summed E-state index contributed by atoms with van der Waals surface area (Å²) in [5.41, 5.74) is 0. The molecule has 6 nitrogen and oxygen atoms in total. The molecule has 330 valence electrons. The topological polar surface area (TPSA) is 78.9 Å². The highest BCUT2D eigenvalue weighted by molar-refractivity contribution is 5.71. The lowest BCUT2D eigenvalue weighted by Gasteiger charge is -2.18. The van der Waals surface area contributed by atoms with Crippen molar-refractivity contribution in [2.24, 2.45) is 0 Å². The summed E-state index contributed by atoms with van der Waals surface area (Å²) in [7, 11) is 0. The summed E-state index contributed by atoms with van der Waals surface area (Å²) in [6, 6.07) is 0. The first kappa shape index (κ1) is 54.4. The molecule has 0 spiro atoms. The molecule has 0 bridgehead atoms. The minimum absolute atomic E-state index is 0.0845. The summed E-state index contributed by atoms with van der Waals surface area (Å²) in [5.74, 6) is -0.913. The molecule has 1 atom stereocenters. The van der Waals surface area contributed by atoms with Gasteiger partial charge in [0.15, 0.2) is 6.10 Å². The molecule has 1 unspecified atom stereocenters. The van der Waals surface area contributed by atoms with Crippen LogP contribution in [0.25, 0.3) is 0 Å². The van der Waals surface area contributed by atoms with Crippen molar-refractivity contribution in [3.8, 4) is 0 Å². The summed E-state index contributed by atoms with van der Waals surface area (Å²) < 4.78 is 16.7. The van der Waals surface area contributed by atoms with E-state index in [1.165, 1.54) is 116 Å². The Morgan fingerprint density at radius 2 is 0.632 bits per heavy atom. The monoisotopic (exact) mass is 799 g/mol. The Bertz CT molecular complexity index is 1010. The van der Waals surface area contributed by atoms with Gasteiger partial charge in [0.05, 0.1) is 0 Å². The zero-order valence-corrected chi connectivity index (χ0v) is 37.6. The van der Waals surface area contributed by atoms with E-state index in [0.29, 0.717) is 19.3 Å². The molecule has 0 N–H and O–H groups in total. The highest BCUT2D eigenvalue weighted by atomic mass is 16.6. The zero-order chi connectivity index (χ0) is 41.5. The van der Waals surface area contributed by atoms with Crippen LogP contribution in [0, 0.1) is 0 Å². The molecule has 0 aliphatic rings. The maximum Gasteiger partial charge on any atom is 0.306 e. The molecule has 0 aliphatic carbocycles. The van der Waals surface area contributed by atoms with E-state index in [1.807, 2.05) is 0 Å². The molecule has 0 heterocycles. The maximum absolute atomic E-state index is 12.7. The van der Waals surface area contributed by atoms with Crippen LogP contribution >= 0.6 is 0 Å². The molecule has 0 aromatic carbocycles. The lowest BCUT2D eigenvalue weighted by molar-refractivity contribution is -0.167. The van der Waals surface area contributed by atoms with Crippen LogP contribution in [0.3, 0.4) is 0 Å². The highest BCUT2D eigenvalue weighted by Crippen LogP contribution is 2.13. The van der Waals surface area contributed by atoms with Crippen LogP contribution in [0.4, 0.5) is 0 Å². The van der Waals surface area contributed by atoms with Gasteiger partial charge in [-0.15, -0.1) is 0 Å². The Labute approximate surface area is 352 Å². The van der Waals surface area contributed by atoms with Gasteiger partial charge in [-0.3, -0.25) is 14.4 Å². The van der Waals surface area contributed by atoms with E-state index in [0.717, 1.165) is 83.5 Å². The van der Waals surface area contributed by atoms with Gasteiger partial charge in [0, 0.05) is 19.3 Å². The SMILES string of the molecule is CCCCC/C=C\C=C/CCCCCCCCC(=O)OCC(COC(=O)CCCCCCC/C=C\CCCCC)OC(=O)CCCCCCC/C=C\CCCCC. The second-order valence-corrected chi connectivity index (χ2v) is 16.0. The van der Waals surface area contributed by atoms with Crippen LogP contribution in [0.2, 0.25) is 0 Å². The second-order valence-electron chi connectivity index (χ2n) is 16.0. The number of carbonyl (C=O) groups excluding carboxylic acids is 3. The van der Waals surface area contributed by atoms with Crippen molar-refractivity contribution >= 4 is 17.9 Å². The van der Waals surface area contributed by atoms with E-state index in [4.69, 9.17) is 14.2 Å². The van der Waals surface area contributed by atoms with Gasteiger partial charge in [0.2, 0.25) is 0 Å². The van der Waals surface area contributed by atoms with Crippen LogP contribution in [0.5, 0.6) is 0 Å². The number of esters is 3. The highest BCUT2D eigenvalue weighted by Gasteiger charge is 2.19. The number of hydrogen-bond acceptors (Lipinski definition) is 6. The summed E-state index contributed by atoms with van der Waals surface area (Å²) in [6.07, 6.45) is 53.7. The Morgan fingerprint density at radius 1 is 0.351 bits per heavy atom. The van der Waals surface area contributed by atoms with Crippen molar-refractivity contribution in [3.05, 3.63) is 48.6 Å². The largest absolute Gasteiger partial charge is 0.462 e. The molecule has 0 aliphatic heterocycles. The number of ether oxygens (including phenoxy) is 3. The summed E-state index contributed by atoms with van der Waals surface area (Å²) >= 11 is 0. The van der Waals surface area contributed by atoms with Gasteiger partial charge >= 0.3 is 17.9 Å². The Balaban J connectivity index is 4.41. The number of hydrogen-bond donors (Lipinski definition) is 0. The fourth-order valence-electron chi connectivity index (χ4n) is 6.60. The molecule has 57 heavy (non-hydrogen) atoms. The van der Waals surface area contributed by atoms with Crippen LogP contribution < -0.4 is 0 Å². The predicted molar refractivity (Wildman–Crippen MR) is 242 cm³/mol. The first-order chi connectivity index (χ1) is 28.0. The lowest BCUT2D eigenvalue weighted by atomic mass is 10.1. The van der Waals surface area contributed by atoms with Crippen LogP contribution in [-0.4, -0.2) is 37.2 Å². The summed E-state index contributed by atoms with van der Waals surface area (Å²) in [4.78, 5) is 37.8. The summed E-state index contributed by atoms with van der Waals surface area (Å²) in [5, 5.41) is 0. The molecule has 0 fully saturated rings. The van der Waals surface area contributed by atoms with Crippen molar-refractivity contribution in [3.63, 3.8) is 0 Å². The molecule has 0 saturated carbocycles. The van der Waals surface area contributed by atoms with Gasteiger partial charge in [0.1, 0.15) is 13.2 Å². The number of rotatable bonds is 43. The van der Waals surface area contributed by atoms with E-state index in [1.54, 1.807) is 0 Å². The van der Waals surface area contributed by atoms with E-state index in [2.05, 4.69) is 69.4 Å². The summed E-state index contributed by atoms with van der Waals surface area (Å²) in [6.45, 7) is 6.53. The molecule has 0 aromatic heterocycles. The average Bonchev–Trinajstić information content (AvgIpc) is 3.21. The first-order valence-corrected chi connectivity index (χ1v) is 24.2. The first-order valence-electron chi connectivity index (χ1n) is 24.2. The minimum Gasteiger partial charge on any atom is -0.462 e. The number of allylic oxidation sites excluding steroid dienone is 8. The van der Waals surface area contributed by atoms with Gasteiger partial charge in [-0.1, -0.05) is 172 Å². The second kappa shape index (κ2) is 46.1. The van der Waals surface area contributed by atoms with Crippen molar-refractivity contribution in [1.29, 1.82) is 0 Å². The Hall–Kier alpha value is -2.63. The lowest BCUT2D eigenvalue weighted by Crippen LogP contribution is -2.30. The molecule has 6 heteroatoms. The Kier molecular flexibility index (Phi) is 43.9. The van der Waals surface area contributed by atoms with E-state index in [9.17, 15) is 14.4 Å². The molecular formula is C51H90O6. The van der Waals surface area contributed by atoms with E-state index < -0.39 is 6.10 Å². The molecular weight excluding hydrogens is 709 g/mol. The van der Waals surface area contributed by atoms with Gasteiger partial charge in [-0.25, -0.2) is 0 Å². The van der Waals surface area contributed by atoms with Crippen molar-refractivity contribution < 1.29 is 28.6 Å². The fraction of sp³-hybridized carbons (Fsp3) is 0.784. The molecule has 0 amide bonds. The van der Waals surface area contributed by atoms with Crippen LogP contribution in [0.1, 0.15) is 239 Å². The third-order valence-electron chi connectivity index (χ3n) is 10.3. The fourth-order valence-corrected chi connectivity index (χ4v) is 6.60. The van der Waals surface area contributed by atoms with Gasteiger partial charge in [-0.2, -0.15) is 0 Å². The van der Waals surface area contributed by atoms with Crippen LogP contribution in [0.15, 0.2) is 48.6 Å². The third-order valence-corrected chi connectivity index (χ3v) is 10.3. The molecule has 0 radical (unpaired) electrons. The molecule has 0 aromatic rings. The number of unbranched alkanes of at least 4 members (excludes halogenated alkanes) is 25. The third kappa shape index (κ3) is 44.3. The van der Waals surface area contributed by atoms with Crippen molar-refractivity contribution in [2.45, 2.75) is 245 Å². The molecule has 0 saturated heterocycles. The van der Waals surface area contributed by atoms with Gasteiger partial charge < -0.3 is 14.2 Å². The maximum atomic E-state index is 12.7. The quantitative estimate of drug-likeness (QED) is 0.0201. The van der Waals surface area contributed by atoms with Gasteiger partial charge in [0.25, 0.3) is 0 Å². The Morgan fingerprint density at radius 3 is 0.982 bits per heavy atom. The normalized spacial score (nSPS) is 12.4. The average molecular weight is 799 g/mol. The van der Waals surface area contributed by atoms with Crippen molar-refractivity contribution in [2.75, 3.05) is 13.2 Å². The zero-order valence-electron chi connectivity index (χ0n) is 37.6. The van der Waals surface area contributed by atoms with Crippen LogP contribution in [-0.2, 0) is 28.6 Å². The number of carbonyl (C=O) groups is 3. The van der Waals surface area contributed by atoms with E-state index in [-0.39, 0.29) is 31.1 Å². The predicted octanol–water partition coefficient (Wildman–Crippen LogP) is 15.5. The van der Waals surface area contributed by atoms with Crippen molar-refractivity contribution in [1.82, 2.24) is 0 Å². The van der Waals surface area contributed by atoms with Gasteiger partial charge in [-0.05, 0) is 96.3 Å².